The molecule has 0 spiro atoms. The quantitative estimate of drug-likeness (QED) is 0.850. The normalized spacial score (nSPS) is 14.0. The molecule has 0 bridgehead atoms. The Morgan fingerprint density at radius 3 is 2.19 bits per heavy atom. The molecule has 0 radical (unpaired) electrons. The monoisotopic (exact) mass is 347 g/mol. The number of hydrogen-bond acceptors (Lipinski definition) is 2. The highest BCUT2D eigenvalue weighted by atomic mass is 35.5. The van der Waals surface area contributed by atoms with Crippen LogP contribution in [0.5, 0.6) is 0 Å². The molecule has 21 heavy (non-hydrogen) atoms. The lowest BCUT2D eigenvalue weighted by atomic mass is 9.89. The summed E-state index contributed by atoms with van der Waals surface area (Å²) >= 11 is 18.1. The van der Waals surface area contributed by atoms with Crippen molar-refractivity contribution in [2.75, 3.05) is 6.54 Å². The number of nitrogens with two attached hydrogens (primary N) is 1. The highest BCUT2D eigenvalue weighted by molar-refractivity contribution is 6.36. The summed E-state index contributed by atoms with van der Waals surface area (Å²) in [4.78, 5) is 0. The van der Waals surface area contributed by atoms with E-state index in [2.05, 4.69) is 0 Å². The van der Waals surface area contributed by atoms with E-state index in [0.717, 1.165) is 0 Å². The molecule has 2 nitrogen and oxygen atoms in total. The fourth-order valence-electron chi connectivity index (χ4n) is 2.20. The van der Waals surface area contributed by atoms with E-state index < -0.39 is 17.8 Å². The van der Waals surface area contributed by atoms with Gasteiger partial charge >= 0.3 is 0 Å². The Morgan fingerprint density at radius 2 is 1.67 bits per heavy atom. The molecular weight excluding hydrogens is 336 g/mol. The second-order valence-corrected chi connectivity index (χ2v) is 5.82. The first-order chi connectivity index (χ1) is 9.95. The minimum Gasteiger partial charge on any atom is -0.388 e. The summed E-state index contributed by atoms with van der Waals surface area (Å²) in [6.07, 6.45) is -0.995. The highest BCUT2D eigenvalue weighted by Gasteiger charge is 2.26. The summed E-state index contributed by atoms with van der Waals surface area (Å²) in [6.45, 7) is 0.125. The van der Waals surface area contributed by atoms with E-state index in [-0.39, 0.29) is 11.6 Å². The maximum absolute atomic E-state index is 13.2. The standard InChI is InChI=1S/C15H13Cl3FNO/c16-10-2-1-3-11(17)14(10)9(7-20)15(21)8-4-5-13(19)12(18)6-8/h1-6,9,15,21H,7,20H2. The van der Waals surface area contributed by atoms with E-state index >= 15 is 0 Å². The minimum atomic E-state index is -0.995. The van der Waals surface area contributed by atoms with Gasteiger partial charge in [-0.2, -0.15) is 0 Å². The number of benzene rings is 2. The first-order valence-corrected chi connectivity index (χ1v) is 7.36. The van der Waals surface area contributed by atoms with Gasteiger partial charge in [0.05, 0.1) is 11.1 Å². The zero-order chi connectivity index (χ0) is 15.6. The Balaban J connectivity index is 2.43. The molecule has 2 atom stereocenters. The zero-order valence-electron chi connectivity index (χ0n) is 10.9. The van der Waals surface area contributed by atoms with Crippen LogP contribution in [0.2, 0.25) is 15.1 Å². The molecular formula is C15H13Cl3FNO. The van der Waals surface area contributed by atoms with E-state index in [1.54, 1.807) is 18.2 Å². The van der Waals surface area contributed by atoms with Crippen molar-refractivity contribution in [3.8, 4) is 0 Å². The molecule has 0 saturated heterocycles. The third-order valence-electron chi connectivity index (χ3n) is 3.29. The van der Waals surface area contributed by atoms with Crippen LogP contribution in [0.25, 0.3) is 0 Å². The molecule has 2 rings (SSSR count). The van der Waals surface area contributed by atoms with E-state index in [9.17, 15) is 9.50 Å². The minimum absolute atomic E-state index is 0.0624. The first kappa shape index (κ1) is 16.5. The number of rotatable bonds is 4. The van der Waals surface area contributed by atoms with Crippen molar-refractivity contribution >= 4 is 34.8 Å². The third kappa shape index (κ3) is 3.50. The Morgan fingerprint density at radius 1 is 1.05 bits per heavy atom. The van der Waals surface area contributed by atoms with Crippen LogP contribution in [-0.4, -0.2) is 11.7 Å². The molecule has 3 N–H and O–H groups in total. The number of aliphatic hydroxyl groups excluding tert-OH is 1. The molecule has 0 aliphatic carbocycles. The summed E-state index contributed by atoms with van der Waals surface area (Å²) < 4.78 is 13.2. The molecule has 0 aromatic heterocycles. The first-order valence-electron chi connectivity index (χ1n) is 6.22. The SMILES string of the molecule is NCC(c1c(Cl)cccc1Cl)C(O)c1ccc(F)c(Cl)c1. The van der Waals surface area contributed by atoms with Crippen molar-refractivity contribution < 1.29 is 9.50 Å². The van der Waals surface area contributed by atoms with Crippen LogP contribution < -0.4 is 5.73 Å². The van der Waals surface area contributed by atoms with E-state index in [1.165, 1.54) is 18.2 Å². The summed E-state index contributed by atoms with van der Waals surface area (Å²) in [6, 6.07) is 9.09. The van der Waals surface area contributed by atoms with Crippen molar-refractivity contribution in [1.82, 2.24) is 0 Å². The average molecular weight is 349 g/mol. The molecule has 112 valence electrons. The van der Waals surface area contributed by atoms with Crippen molar-refractivity contribution in [1.29, 1.82) is 0 Å². The predicted molar refractivity (Wildman–Crippen MR) is 84.6 cm³/mol. The Labute approximate surface area is 137 Å². The predicted octanol–water partition coefficient (Wildman–Crippen LogP) is 4.56. The Bertz CT molecular complexity index is 631. The summed E-state index contributed by atoms with van der Waals surface area (Å²) in [5.74, 6) is -1.07. The molecule has 0 amide bonds. The van der Waals surface area contributed by atoms with Crippen molar-refractivity contribution in [3.63, 3.8) is 0 Å². The number of aliphatic hydroxyl groups is 1. The molecule has 0 fully saturated rings. The lowest BCUT2D eigenvalue weighted by Crippen LogP contribution is -2.21. The topological polar surface area (TPSA) is 46.2 Å². The fraction of sp³-hybridized carbons (Fsp3) is 0.200. The van der Waals surface area contributed by atoms with Crippen molar-refractivity contribution in [2.45, 2.75) is 12.0 Å². The lowest BCUT2D eigenvalue weighted by Gasteiger charge is -2.24. The van der Waals surface area contributed by atoms with E-state index in [4.69, 9.17) is 40.5 Å². The molecule has 2 aromatic carbocycles. The van der Waals surface area contributed by atoms with Gasteiger partial charge in [-0.05, 0) is 35.4 Å². The largest absolute Gasteiger partial charge is 0.388 e. The maximum atomic E-state index is 13.2. The smallest absolute Gasteiger partial charge is 0.141 e. The molecule has 2 aromatic rings. The van der Waals surface area contributed by atoms with Gasteiger partial charge in [0.15, 0.2) is 0 Å². The average Bonchev–Trinajstić information content (AvgIpc) is 2.45. The van der Waals surface area contributed by atoms with Gasteiger partial charge in [0, 0.05) is 22.5 Å². The van der Waals surface area contributed by atoms with Crippen LogP contribution in [0.4, 0.5) is 4.39 Å². The number of hydrogen-bond donors (Lipinski definition) is 2. The van der Waals surface area contributed by atoms with Crippen LogP contribution in [0.3, 0.4) is 0 Å². The van der Waals surface area contributed by atoms with Crippen LogP contribution in [0.1, 0.15) is 23.1 Å². The fourth-order valence-corrected chi connectivity index (χ4v) is 3.06. The lowest BCUT2D eigenvalue weighted by molar-refractivity contribution is 0.147. The summed E-state index contributed by atoms with van der Waals surface area (Å²) in [5, 5.41) is 11.3. The van der Waals surface area contributed by atoms with Crippen molar-refractivity contribution in [2.24, 2.45) is 5.73 Å². The van der Waals surface area contributed by atoms with Gasteiger partial charge < -0.3 is 10.8 Å². The molecule has 6 heteroatoms. The molecule has 0 saturated carbocycles. The zero-order valence-corrected chi connectivity index (χ0v) is 13.1. The second kappa shape index (κ2) is 6.95. The van der Waals surface area contributed by atoms with Crippen LogP contribution >= 0.6 is 34.8 Å². The molecule has 0 heterocycles. The van der Waals surface area contributed by atoms with Gasteiger partial charge in [0.25, 0.3) is 0 Å². The Kier molecular flexibility index (Phi) is 5.47. The summed E-state index contributed by atoms with van der Waals surface area (Å²) in [5.41, 5.74) is 6.78. The third-order valence-corrected chi connectivity index (χ3v) is 4.24. The second-order valence-electron chi connectivity index (χ2n) is 4.60. The van der Waals surface area contributed by atoms with E-state index in [1.807, 2.05) is 0 Å². The maximum Gasteiger partial charge on any atom is 0.141 e. The van der Waals surface area contributed by atoms with Crippen molar-refractivity contribution in [3.05, 3.63) is 68.4 Å². The molecule has 2 unspecified atom stereocenters. The molecule has 0 aliphatic heterocycles. The Hall–Kier alpha value is -0.840. The molecule has 0 aliphatic rings. The number of halogens is 4. The van der Waals surface area contributed by atoms with Gasteiger partial charge in [-0.1, -0.05) is 46.9 Å². The highest BCUT2D eigenvalue weighted by Crippen LogP contribution is 2.38. The van der Waals surface area contributed by atoms with Crippen LogP contribution in [0.15, 0.2) is 36.4 Å². The van der Waals surface area contributed by atoms with Crippen LogP contribution in [-0.2, 0) is 0 Å². The van der Waals surface area contributed by atoms with Gasteiger partial charge in [0.2, 0.25) is 0 Å². The van der Waals surface area contributed by atoms with Crippen LogP contribution in [0, 0.1) is 5.82 Å². The van der Waals surface area contributed by atoms with Gasteiger partial charge in [-0.15, -0.1) is 0 Å². The summed E-state index contributed by atoms with van der Waals surface area (Å²) in [7, 11) is 0. The van der Waals surface area contributed by atoms with Gasteiger partial charge in [-0.3, -0.25) is 0 Å². The van der Waals surface area contributed by atoms with Gasteiger partial charge in [-0.25, -0.2) is 4.39 Å². The van der Waals surface area contributed by atoms with E-state index in [0.29, 0.717) is 21.2 Å². The van der Waals surface area contributed by atoms with Gasteiger partial charge in [0.1, 0.15) is 5.82 Å².